The first-order chi connectivity index (χ1) is 9.15. The smallest absolute Gasteiger partial charge is 0.145 e. The van der Waals surface area contributed by atoms with Crippen LogP contribution in [-0.2, 0) is 4.74 Å². The van der Waals surface area contributed by atoms with Crippen molar-refractivity contribution in [1.82, 2.24) is 5.32 Å². The molecule has 5 heteroatoms. The van der Waals surface area contributed by atoms with Gasteiger partial charge in [-0.25, -0.2) is 8.78 Å². The van der Waals surface area contributed by atoms with Crippen molar-refractivity contribution in [2.24, 2.45) is 0 Å². The Kier molecular flexibility index (Phi) is 5.30. The average Bonchev–Trinajstić information content (AvgIpc) is 2.43. The minimum atomic E-state index is -0.542. The molecule has 1 heterocycles. The molecule has 0 bridgehead atoms. The van der Waals surface area contributed by atoms with Gasteiger partial charge in [0.25, 0.3) is 0 Å². The van der Waals surface area contributed by atoms with Gasteiger partial charge in [-0.2, -0.15) is 0 Å². The van der Waals surface area contributed by atoms with Crippen molar-refractivity contribution < 1.29 is 13.5 Å². The molecule has 1 aromatic carbocycles. The lowest BCUT2D eigenvalue weighted by Gasteiger charge is -2.31. The van der Waals surface area contributed by atoms with Gasteiger partial charge in [-0.1, -0.05) is 6.92 Å². The number of benzene rings is 1. The summed E-state index contributed by atoms with van der Waals surface area (Å²) in [6.45, 7) is 3.21. The molecule has 0 amide bonds. The van der Waals surface area contributed by atoms with Crippen LogP contribution in [0.1, 0.15) is 37.8 Å². The normalized spacial score (nSPS) is 21.4. The van der Waals surface area contributed by atoms with Crippen molar-refractivity contribution in [1.29, 1.82) is 0 Å². The molecule has 0 aliphatic carbocycles. The van der Waals surface area contributed by atoms with Gasteiger partial charge in [0.15, 0.2) is 0 Å². The minimum Gasteiger partial charge on any atom is -0.376 e. The van der Waals surface area contributed by atoms with E-state index in [-0.39, 0.29) is 16.1 Å². The maximum atomic E-state index is 14.2. The van der Waals surface area contributed by atoms with E-state index in [0.717, 1.165) is 19.3 Å². The first-order valence-corrected chi connectivity index (χ1v) is 7.42. The Balaban J connectivity index is 2.35. The van der Waals surface area contributed by atoms with Gasteiger partial charge in [0.1, 0.15) is 11.6 Å². The second-order valence-electron chi connectivity index (χ2n) is 4.70. The summed E-state index contributed by atoms with van der Waals surface area (Å²) in [7, 11) is 0. The predicted molar refractivity (Wildman–Crippen MR) is 74.1 cm³/mol. The molecule has 1 aliphatic rings. The molecule has 0 spiro atoms. The molecule has 2 unspecified atom stereocenters. The Morgan fingerprint density at radius 1 is 1.42 bits per heavy atom. The highest BCUT2D eigenvalue weighted by atomic mass is 79.9. The average molecular weight is 334 g/mol. The van der Waals surface area contributed by atoms with Gasteiger partial charge in [-0.15, -0.1) is 0 Å². The first kappa shape index (κ1) is 14.9. The highest BCUT2D eigenvalue weighted by molar-refractivity contribution is 9.10. The molecule has 1 saturated heterocycles. The van der Waals surface area contributed by atoms with Gasteiger partial charge in [0, 0.05) is 12.2 Å². The van der Waals surface area contributed by atoms with E-state index in [4.69, 9.17) is 4.74 Å². The zero-order valence-corrected chi connectivity index (χ0v) is 12.5. The fourth-order valence-corrected chi connectivity index (χ4v) is 2.84. The fourth-order valence-electron chi connectivity index (χ4n) is 2.50. The Bertz CT molecular complexity index is 436. The molecule has 0 aromatic heterocycles. The van der Waals surface area contributed by atoms with E-state index < -0.39 is 17.7 Å². The summed E-state index contributed by atoms with van der Waals surface area (Å²) < 4.78 is 34.2. The molecule has 106 valence electrons. The van der Waals surface area contributed by atoms with Crippen LogP contribution in [0.4, 0.5) is 8.78 Å². The third kappa shape index (κ3) is 3.33. The highest BCUT2D eigenvalue weighted by Gasteiger charge is 2.30. The Labute approximate surface area is 120 Å². The fraction of sp³-hybridized carbons (Fsp3) is 0.571. The van der Waals surface area contributed by atoms with E-state index in [1.165, 1.54) is 12.1 Å². The number of hydrogen-bond donors (Lipinski definition) is 1. The van der Waals surface area contributed by atoms with Crippen LogP contribution in [0.2, 0.25) is 0 Å². The maximum absolute atomic E-state index is 14.2. The van der Waals surface area contributed by atoms with Gasteiger partial charge in [-0.05, 0) is 53.9 Å². The summed E-state index contributed by atoms with van der Waals surface area (Å²) in [5.74, 6) is -1.07. The molecule has 2 atom stereocenters. The number of likely N-dealkylation sites (N-methyl/N-ethyl adjacent to an activating group) is 1. The summed E-state index contributed by atoms with van der Waals surface area (Å²) in [5.41, 5.74) is 0.0723. The lowest BCUT2D eigenvalue weighted by molar-refractivity contribution is -0.00935. The van der Waals surface area contributed by atoms with Gasteiger partial charge in [0.05, 0.1) is 16.6 Å². The standard InChI is InChI=1S/C14H18BrF2NO/c1-2-18-14(11-5-3-4-8-19-11)12-10(16)7-6-9(15)13(12)17/h6-7,11,14,18H,2-5,8H2,1H3. The molecule has 1 aliphatic heterocycles. The summed E-state index contributed by atoms with van der Waals surface area (Å²) >= 11 is 3.11. The largest absolute Gasteiger partial charge is 0.376 e. The van der Waals surface area contributed by atoms with Crippen LogP contribution in [0.25, 0.3) is 0 Å². The van der Waals surface area contributed by atoms with Crippen molar-refractivity contribution in [2.75, 3.05) is 13.2 Å². The molecule has 2 nitrogen and oxygen atoms in total. The number of nitrogens with one attached hydrogen (secondary N) is 1. The Hall–Kier alpha value is -0.520. The summed E-state index contributed by atoms with van der Waals surface area (Å²) in [4.78, 5) is 0. The summed E-state index contributed by atoms with van der Waals surface area (Å²) in [6.07, 6.45) is 2.69. The monoisotopic (exact) mass is 333 g/mol. The zero-order chi connectivity index (χ0) is 13.8. The van der Waals surface area contributed by atoms with Gasteiger partial charge < -0.3 is 10.1 Å². The van der Waals surface area contributed by atoms with E-state index in [1.54, 1.807) is 0 Å². The van der Waals surface area contributed by atoms with E-state index in [2.05, 4.69) is 21.2 Å². The zero-order valence-electron chi connectivity index (χ0n) is 10.9. The molecule has 2 rings (SSSR count). The van der Waals surface area contributed by atoms with Crippen LogP contribution in [-0.4, -0.2) is 19.3 Å². The van der Waals surface area contributed by atoms with Crippen molar-refractivity contribution in [3.8, 4) is 0 Å². The van der Waals surface area contributed by atoms with Crippen molar-refractivity contribution >= 4 is 15.9 Å². The van der Waals surface area contributed by atoms with Crippen molar-refractivity contribution in [2.45, 2.75) is 38.3 Å². The third-order valence-electron chi connectivity index (χ3n) is 3.40. The molecule has 1 fully saturated rings. The SMILES string of the molecule is CCNC(c1c(F)ccc(Br)c1F)C1CCCCO1. The number of ether oxygens (including phenoxy) is 1. The van der Waals surface area contributed by atoms with Crippen LogP contribution in [0.3, 0.4) is 0 Å². The van der Waals surface area contributed by atoms with Crippen LogP contribution < -0.4 is 5.32 Å². The molecular weight excluding hydrogens is 316 g/mol. The topological polar surface area (TPSA) is 21.3 Å². The number of hydrogen-bond acceptors (Lipinski definition) is 2. The molecule has 1 aromatic rings. The van der Waals surface area contributed by atoms with Gasteiger partial charge in [-0.3, -0.25) is 0 Å². The van der Waals surface area contributed by atoms with Crippen LogP contribution in [0, 0.1) is 11.6 Å². The van der Waals surface area contributed by atoms with Crippen LogP contribution in [0.5, 0.6) is 0 Å². The molecule has 19 heavy (non-hydrogen) atoms. The van der Waals surface area contributed by atoms with Gasteiger partial charge >= 0.3 is 0 Å². The van der Waals surface area contributed by atoms with Crippen LogP contribution >= 0.6 is 15.9 Å². The van der Waals surface area contributed by atoms with E-state index in [9.17, 15) is 8.78 Å². The van der Waals surface area contributed by atoms with Crippen LogP contribution in [0.15, 0.2) is 16.6 Å². The van der Waals surface area contributed by atoms with Crippen molar-refractivity contribution in [3.05, 3.63) is 33.8 Å². The number of halogens is 3. The van der Waals surface area contributed by atoms with E-state index in [1.807, 2.05) is 6.92 Å². The van der Waals surface area contributed by atoms with Gasteiger partial charge in [0.2, 0.25) is 0 Å². The van der Waals surface area contributed by atoms with E-state index in [0.29, 0.717) is 13.2 Å². The second kappa shape index (κ2) is 6.77. The predicted octanol–water partition coefficient (Wildman–Crippen LogP) is 3.95. The first-order valence-electron chi connectivity index (χ1n) is 6.63. The Morgan fingerprint density at radius 3 is 2.84 bits per heavy atom. The summed E-state index contributed by atoms with van der Waals surface area (Å²) in [5, 5.41) is 3.15. The van der Waals surface area contributed by atoms with Crippen molar-refractivity contribution in [3.63, 3.8) is 0 Å². The molecule has 1 N–H and O–H groups in total. The molecule has 0 radical (unpaired) electrons. The highest BCUT2D eigenvalue weighted by Crippen LogP contribution is 2.32. The minimum absolute atomic E-state index is 0.0723. The Morgan fingerprint density at radius 2 is 2.21 bits per heavy atom. The maximum Gasteiger partial charge on any atom is 0.145 e. The molecular formula is C14H18BrF2NO. The quantitative estimate of drug-likeness (QED) is 0.842. The molecule has 0 saturated carbocycles. The van der Waals surface area contributed by atoms with E-state index >= 15 is 0 Å². The lowest BCUT2D eigenvalue weighted by atomic mass is 9.95. The third-order valence-corrected chi connectivity index (χ3v) is 4.01. The lowest BCUT2D eigenvalue weighted by Crippen LogP contribution is -2.37. The number of rotatable bonds is 4. The second-order valence-corrected chi connectivity index (χ2v) is 5.55. The summed E-state index contributed by atoms with van der Waals surface area (Å²) in [6, 6.07) is 2.23.